The molecule has 26 heavy (non-hydrogen) atoms. The van der Waals surface area contributed by atoms with Gasteiger partial charge in [-0.05, 0) is 37.2 Å². The number of nitrogens with zero attached hydrogens (tertiary/aromatic N) is 2. The number of hydrogen-bond acceptors (Lipinski definition) is 4. The van der Waals surface area contributed by atoms with E-state index >= 15 is 0 Å². The quantitative estimate of drug-likeness (QED) is 0.561. The van der Waals surface area contributed by atoms with Gasteiger partial charge in [-0.15, -0.1) is 5.10 Å². The van der Waals surface area contributed by atoms with Gasteiger partial charge in [0.25, 0.3) is 10.7 Å². The van der Waals surface area contributed by atoms with Gasteiger partial charge in [-0.25, -0.2) is 0 Å². The summed E-state index contributed by atoms with van der Waals surface area (Å²) in [6, 6.07) is 10.3. The molecule has 8 heteroatoms. The highest BCUT2D eigenvalue weighted by Gasteiger charge is 2.28. The molecular formula is C18H25N5O2S+2. The zero-order valence-corrected chi connectivity index (χ0v) is 15.6. The second-order valence-corrected chi connectivity index (χ2v) is 7.56. The fourth-order valence-electron chi connectivity index (χ4n) is 3.34. The molecular weight excluding hydrogens is 350 g/mol. The number of rotatable bonds is 6. The Hall–Kier alpha value is -2.03. The number of hydrogen-bond donors (Lipinski definition) is 3. The topological polar surface area (TPSA) is 68.9 Å². The highest BCUT2D eigenvalue weighted by Crippen LogP contribution is 2.18. The molecule has 4 rings (SSSR count). The smallest absolute Gasteiger partial charge is 0.292 e. The molecule has 1 aromatic carbocycles. The van der Waals surface area contributed by atoms with Crippen molar-refractivity contribution < 1.29 is 19.0 Å². The standard InChI is InChI=1S/C18H23N5O2S/c24-16(19-15-6-7-15)12-21-8-10-22(11-9-21)13-23-18(26)25-17(20-23)14-4-2-1-3-5-14/h1-5,15H,6-13H2,(H,19,24)/p+2. The third-order valence-corrected chi connectivity index (χ3v) is 5.31. The van der Waals surface area contributed by atoms with Gasteiger partial charge in [0.1, 0.15) is 26.2 Å². The van der Waals surface area contributed by atoms with E-state index in [-0.39, 0.29) is 5.91 Å². The molecule has 2 heterocycles. The van der Waals surface area contributed by atoms with Crippen LogP contribution in [0.15, 0.2) is 34.7 Å². The second-order valence-electron chi connectivity index (χ2n) is 7.22. The van der Waals surface area contributed by atoms with E-state index < -0.39 is 0 Å². The lowest BCUT2D eigenvalue weighted by molar-refractivity contribution is -1.02. The molecule has 1 saturated carbocycles. The highest BCUT2D eigenvalue weighted by atomic mass is 32.1. The molecule has 0 bridgehead atoms. The van der Waals surface area contributed by atoms with Crippen LogP contribution in [0.1, 0.15) is 12.8 Å². The summed E-state index contributed by atoms with van der Waals surface area (Å²) in [5, 5.41) is 7.61. The normalized spacial score (nSPS) is 22.9. The fourth-order valence-corrected chi connectivity index (χ4v) is 3.53. The van der Waals surface area contributed by atoms with Crippen molar-refractivity contribution in [2.45, 2.75) is 25.6 Å². The number of carbonyl (C=O) groups excluding carboxylic acids is 1. The SMILES string of the molecule is O=C(C[NH+]1CC[NH+](Cn2nc(-c3ccccc3)oc2=S)CC1)NC1CC1. The largest absolute Gasteiger partial charge is 0.409 e. The summed E-state index contributed by atoms with van der Waals surface area (Å²) in [7, 11) is 0. The molecule has 1 aromatic heterocycles. The number of piperazine rings is 1. The highest BCUT2D eigenvalue weighted by molar-refractivity contribution is 7.71. The molecule has 1 aliphatic carbocycles. The zero-order chi connectivity index (χ0) is 17.9. The van der Waals surface area contributed by atoms with Crippen molar-refractivity contribution >= 4 is 18.1 Å². The van der Waals surface area contributed by atoms with Gasteiger partial charge in [0.05, 0.1) is 0 Å². The monoisotopic (exact) mass is 375 g/mol. The molecule has 138 valence electrons. The summed E-state index contributed by atoms with van der Waals surface area (Å²) in [6.45, 7) is 5.28. The number of carbonyl (C=O) groups is 1. The molecule has 0 spiro atoms. The Kier molecular flexibility index (Phi) is 5.14. The maximum absolute atomic E-state index is 11.9. The van der Waals surface area contributed by atoms with E-state index in [1.807, 2.05) is 30.3 Å². The van der Waals surface area contributed by atoms with Crippen LogP contribution in [-0.2, 0) is 11.5 Å². The van der Waals surface area contributed by atoms with Gasteiger partial charge in [0.2, 0.25) is 5.89 Å². The fraction of sp³-hybridized carbons (Fsp3) is 0.500. The van der Waals surface area contributed by atoms with Crippen molar-refractivity contribution in [3.8, 4) is 11.5 Å². The van der Waals surface area contributed by atoms with Crippen molar-refractivity contribution in [2.24, 2.45) is 0 Å². The first-order chi connectivity index (χ1) is 12.7. The van der Waals surface area contributed by atoms with E-state index in [0.717, 1.165) is 44.6 Å². The van der Waals surface area contributed by atoms with Crippen LogP contribution >= 0.6 is 12.2 Å². The summed E-state index contributed by atoms with van der Waals surface area (Å²) in [6.07, 6.45) is 2.28. The van der Waals surface area contributed by atoms with Crippen LogP contribution in [-0.4, -0.2) is 54.5 Å². The Morgan fingerprint density at radius 1 is 1.19 bits per heavy atom. The van der Waals surface area contributed by atoms with Gasteiger partial charge in [-0.3, -0.25) is 4.79 Å². The van der Waals surface area contributed by atoms with E-state index in [2.05, 4.69) is 10.4 Å². The predicted octanol–water partition coefficient (Wildman–Crippen LogP) is -1.11. The summed E-state index contributed by atoms with van der Waals surface area (Å²) >= 11 is 5.33. The lowest BCUT2D eigenvalue weighted by Gasteiger charge is -2.28. The Labute approximate surface area is 157 Å². The lowest BCUT2D eigenvalue weighted by Crippen LogP contribution is -3.28. The van der Waals surface area contributed by atoms with Gasteiger partial charge in [-0.1, -0.05) is 18.2 Å². The van der Waals surface area contributed by atoms with Crippen LogP contribution in [0.5, 0.6) is 0 Å². The summed E-state index contributed by atoms with van der Waals surface area (Å²) < 4.78 is 7.43. The molecule has 1 aliphatic heterocycles. The Bertz CT molecular complexity index is 806. The molecule has 2 aliphatic rings. The average Bonchev–Trinajstić information content (AvgIpc) is 3.39. The van der Waals surface area contributed by atoms with Crippen LogP contribution in [0.2, 0.25) is 0 Å². The van der Waals surface area contributed by atoms with Crippen LogP contribution in [0.25, 0.3) is 11.5 Å². The summed E-state index contributed by atoms with van der Waals surface area (Å²) in [5.74, 6) is 0.758. The molecule has 2 fully saturated rings. The maximum Gasteiger partial charge on any atom is 0.292 e. The predicted molar refractivity (Wildman–Crippen MR) is 98.2 cm³/mol. The van der Waals surface area contributed by atoms with Crippen molar-refractivity contribution in [3.05, 3.63) is 35.2 Å². The van der Waals surface area contributed by atoms with Crippen LogP contribution < -0.4 is 15.1 Å². The lowest BCUT2D eigenvalue weighted by atomic mass is 10.2. The van der Waals surface area contributed by atoms with Crippen LogP contribution in [0, 0.1) is 4.84 Å². The molecule has 0 atom stereocenters. The van der Waals surface area contributed by atoms with Crippen molar-refractivity contribution in [2.75, 3.05) is 32.7 Å². The van der Waals surface area contributed by atoms with Crippen LogP contribution in [0.3, 0.4) is 0 Å². The third-order valence-electron chi connectivity index (χ3n) is 5.02. The van der Waals surface area contributed by atoms with E-state index in [4.69, 9.17) is 16.6 Å². The zero-order valence-electron chi connectivity index (χ0n) is 14.7. The van der Waals surface area contributed by atoms with Gasteiger partial charge in [0.15, 0.2) is 13.2 Å². The number of quaternary nitrogens is 2. The Balaban J connectivity index is 1.29. The van der Waals surface area contributed by atoms with Crippen molar-refractivity contribution in [3.63, 3.8) is 0 Å². The average molecular weight is 375 g/mol. The van der Waals surface area contributed by atoms with Crippen LogP contribution in [0.4, 0.5) is 0 Å². The Morgan fingerprint density at radius 3 is 2.58 bits per heavy atom. The molecule has 2 aromatic rings. The second kappa shape index (κ2) is 7.69. The number of amides is 1. The number of aromatic nitrogens is 2. The molecule has 7 nitrogen and oxygen atoms in total. The van der Waals surface area contributed by atoms with Crippen molar-refractivity contribution in [1.82, 2.24) is 15.1 Å². The first-order valence-corrected chi connectivity index (χ1v) is 9.68. The van der Waals surface area contributed by atoms with Gasteiger partial charge in [-0.2, -0.15) is 4.68 Å². The van der Waals surface area contributed by atoms with E-state index in [1.54, 1.807) is 4.68 Å². The first-order valence-electron chi connectivity index (χ1n) is 9.27. The third kappa shape index (κ3) is 4.38. The maximum atomic E-state index is 11.9. The minimum atomic E-state index is 0.192. The van der Waals surface area contributed by atoms with Gasteiger partial charge < -0.3 is 19.5 Å². The molecule has 0 radical (unpaired) electrons. The molecule has 1 amide bonds. The molecule has 3 N–H and O–H groups in total. The summed E-state index contributed by atoms with van der Waals surface area (Å²) in [4.78, 5) is 15.1. The minimum absolute atomic E-state index is 0.192. The summed E-state index contributed by atoms with van der Waals surface area (Å²) in [5.41, 5.74) is 0.934. The first kappa shape index (κ1) is 17.4. The minimum Gasteiger partial charge on any atom is -0.409 e. The number of nitrogens with one attached hydrogen (secondary N) is 3. The van der Waals surface area contributed by atoms with E-state index in [1.165, 1.54) is 9.80 Å². The molecule has 1 saturated heterocycles. The molecule has 0 unspecified atom stereocenters. The van der Waals surface area contributed by atoms with Crippen molar-refractivity contribution in [1.29, 1.82) is 0 Å². The number of benzene rings is 1. The van der Waals surface area contributed by atoms with Gasteiger partial charge in [0, 0.05) is 11.6 Å². The van der Waals surface area contributed by atoms with E-state index in [9.17, 15) is 4.79 Å². The Morgan fingerprint density at radius 2 is 1.88 bits per heavy atom. The van der Waals surface area contributed by atoms with E-state index in [0.29, 0.717) is 30.0 Å². The van der Waals surface area contributed by atoms with Gasteiger partial charge >= 0.3 is 0 Å².